The summed E-state index contributed by atoms with van der Waals surface area (Å²) in [6, 6.07) is 6.33. The largest absolute Gasteiger partial charge is 0.464 e. The van der Waals surface area contributed by atoms with Crippen LogP contribution in [0.1, 0.15) is 32.3 Å². The number of benzene rings is 1. The summed E-state index contributed by atoms with van der Waals surface area (Å²) in [6.45, 7) is 3.31. The first-order valence-electron chi connectivity index (χ1n) is 8.84. The van der Waals surface area contributed by atoms with Gasteiger partial charge in [0, 0.05) is 6.42 Å². The monoisotopic (exact) mass is 377 g/mol. The van der Waals surface area contributed by atoms with Crippen molar-refractivity contribution < 1.29 is 33.4 Å². The van der Waals surface area contributed by atoms with E-state index in [0.29, 0.717) is 0 Å². The Morgan fingerprint density at radius 1 is 1.00 bits per heavy atom. The van der Waals surface area contributed by atoms with Crippen LogP contribution in [0.25, 0.3) is 0 Å². The van der Waals surface area contributed by atoms with Crippen LogP contribution in [0, 0.1) is 0 Å². The molecule has 146 valence electrons. The van der Waals surface area contributed by atoms with E-state index in [0.717, 1.165) is 10.5 Å². The molecule has 27 heavy (non-hydrogen) atoms. The molecule has 0 N–H and O–H groups in total. The predicted octanol–water partition coefficient (Wildman–Crippen LogP) is 1.85. The van der Waals surface area contributed by atoms with E-state index in [-0.39, 0.29) is 32.7 Å². The number of piperidine rings is 1. The van der Waals surface area contributed by atoms with E-state index in [9.17, 15) is 19.2 Å². The van der Waals surface area contributed by atoms with Crippen molar-refractivity contribution in [3.8, 4) is 0 Å². The van der Waals surface area contributed by atoms with Gasteiger partial charge in [0.2, 0.25) is 0 Å². The average molecular weight is 377 g/mol. The number of ether oxygens (including phenoxy) is 3. The fourth-order valence-corrected chi connectivity index (χ4v) is 2.85. The second kappa shape index (κ2) is 9.70. The lowest BCUT2D eigenvalue weighted by atomic mass is 9.94. The molecular weight excluding hydrogens is 354 g/mol. The second-order valence-electron chi connectivity index (χ2n) is 5.87. The number of likely N-dealkylation sites (tertiary alicyclic amines) is 1. The summed E-state index contributed by atoms with van der Waals surface area (Å²) in [6.07, 6.45) is -0.910. The number of hydrogen-bond donors (Lipinski definition) is 0. The molecule has 0 aromatic heterocycles. The number of esters is 2. The van der Waals surface area contributed by atoms with Crippen molar-refractivity contribution in [2.24, 2.45) is 0 Å². The molecule has 1 aliphatic heterocycles. The standard InChI is InChI=1S/C19H23NO7/c1-3-25-17(22)14-10-11-15(21)16(18(23)26-4-2)20(14)19(24)27-12-13-8-6-5-7-9-13/h5-9,14,16H,3-4,10-12H2,1-2H3. The summed E-state index contributed by atoms with van der Waals surface area (Å²) in [5.74, 6) is -2.06. The summed E-state index contributed by atoms with van der Waals surface area (Å²) in [7, 11) is 0. The van der Waals surface area contributed by atoms with Crippen LogP contribution in [-0.4, -0.2) is 54.0 Å². The molecule has 1 fully saturated rings. The van der Waals surface area contributed by atoms with Gasteiger partial charge < -0.3 is 14.2 Å². The van der Waals surface area contributed by atoms with Crippen molar-refractivity contribution in [3.63, 3.8) is 0 Å². The summed E-state index contributed by atoms with van der Waals surface area (Å²) in [4.78, 5) is 50.4. The van der Waals surface area contributed by atoms with Gasteiger partial charge in [0.05, 0.1) is 13.2 Å². The summed E-state index contributed by atoms with van der Waals surface area (Å²) < 4.78 is 15.2. The molecule has 0 bridgehead atoms. The number of ketones is 1. The van der Waals surface area contributed by atoms with Gasteiger partial charge in [-0.15, -0.1) is 0 Å². The zero-order chi connectivity index (χ0) is 19.8. The van der Waals surface area contributed by atoms with Crippen LogP contribution in [-0.2, 0) is 35.2 Å². The van der Waals surface area contributed by atoms with E-state index in [4.69, 9.17) is 14.2 Å². The van der Waals surface area contributed by atoms with Gasteiger partial charge in [-0.05, 0) is 25.8 Å². The maximum absolute atomic E-state index is 12.7. The van der Waals surface area contributed by atoms with Gasteiger partial charge in [0.1, 0.15) is 12.6 Å². The topological polar surface area (TPSA) is 99.2 Å². The van der Waals surface area contributed by atoms with Crippen LogP contribution < -0.4 is 0 Å². The normalized spacial score (nSPS) is 19.3. The van der Waals surface area contributed by atoms with E-state index in [2.05, 4.69) is 0 Å². The minimum atomic E-state index is -1.52. The van der Waals surface area contributed by atoms with Crippen molar-refractivity contribution >= 4 is 23.8 Å². The Hall–Kier alpha value is -2.90. The fraction of sp³-hybridized carbons (Fsp3) is 0.474. The third-order valence-corrected chi connectivity index (χ3v) is 4.07. The molecule has 1 aliphatic rings. The van der Waals surface area contributed by atoms with Gasteiger partial charge in [-0.2, -0.15) is 0 Å². The van der Waals surface area contributed by atoms with Crippen molar-refractivity contribution in [2.45, 2.75) is 45.4 Å². The summed E-state index contributed by atoms with van der Waals surface area (Å²) in [5, 5.41) is 0. The fourth-order valence-electron chi connectivity index (χ4n) is 2.85. The SMILES string of the molecule is CCOC(=O)C1CCC(=O)C(C(=O)OCC)N1C(=O)OCc1ccccc1. The first-order chi connectivity index (χ1) is 13.0. The zero-order valence-electron chi connectivity index (χ0n) is 15.4. The van der Waals surface area contributed by atoms with E-state index in [1.54, 1.807) is 38.1 Å². The van der Waals surface area contributed by atoms with Crippen LogP contribution in [0.4, 0.5) is 4.79 Å². The maximum Gasteiger partial charge on any atom is 0.411 e. The first-order valence-corrected chi connectivity index (χ1v) is 8.84. The second-order valence-corrected chi connectivity index (χ2v) is 5.87. The number of Topliss-reactive ketones (excluding diaryl/α,β-unsaturated/α-hetero) is 1. The zero-order valence-corrected chi connectivity index (χ0v) is 15.4. The van der Waals surface area contributed by atoms with E-state index < -0.39 is 35.9 Å². The molecule has 2 rings (SSSR count). The third kappa shape index (κ3) is 5.06. The molecular formula is C19H23NO7. The van der Waals surface area contributed by atoms with Gasteiger partial charge in [0.25, 0.3) is 0 Å². The predicted molar refractivity (Wildman–Crippen MR) is 93.5 cm³/mol. The first kappa shape index (κ1) is 20.4. The Balaban J connectivity index is 2.24. The van der Waals surface area contributed by atoms with E-state index in [1.807, 2.05) is 6.07 Å². The highest BCUT2D eigenvalue weighted by Gasteiger charge is 2.48. The molecule has 1 aromatic carbocycles. The maximum atomic E-state index is 12.7. The quantitative estimate of drug-likeness (QED) is 0.424. The van der Waals surface area contributed by atoms with Gasteiger partial charge in [0.15, 0.2) is 11.8 Å². The van der Waals surface area contributed by atoms with Gasteiger partial charge in [-0.1, -0.05) is 30.3 Å². The number of carbonyl (C=O) groups is 4. The van der Waals surface area contributed by atoms with Crippen molar-refractivity contribution in [2.75, 3.05) is 13.2 Å². The van der Waals surface area contributed by atoms with Gasteiger partial charge >= 0.3 is 18.0 Å². The minimum absolute atomic E-state index is 0.0323. The molecule has 0 spiro atoms. The molecule has 1 saturated heterocycles. The smallest absolute Gasteiger partial charge is 0.411 e. The van der Waals surface area contributed by atoms with Crippen LogP contribution in [0.3, 0.4) is 0 Å². The van der Waals surface area contributed by atoms with Gasteiger partial charge in [-0.3, -0.25) is 9.69 Å². The number of amides is 1. The number of rotatable bonds is 6. The summed E-state index contributed by atoms with van der Waals surface area (Å²) in [5.41, 5.74) is 0.731. The molecule has 8 heteroatoms. The molecule has 2 atom stereocenters. The Morgan fingerprint density at radius 2 is 1.63 bits per heavy atom. The minimum Gasteiger partial charge on any atom is -0.464 e. The summed E-state index contributed by atoms with van der Waals surface area (Å²) >= 11 is 0. The van der Waals surface area contributed by atoms with E-state index in [1.165, 1.54) is 0 Å². The molecule has 1 aromatic rings. The lowest BCUT2D eigenvalue weighted by molar-refractivity contribution is -0.161. The van der Waals surface area contributed by atoms with E-state index >= 15 is 0 Å². The average Bonchev–Trinajstić information content (AvgIpc) is 2.66. The molecule has 0 radical (unpaired) electrons. The van der Waals surface area contributed by atoms with Crippen LogP contribution in [0.2, 0.25) is 0 Å². The highest BCUT2D eigenvalue weighted by Crippen LogP contribution is 2.24. The van der Waals surface area contributed by atoms with Crippen LogP contribution in [0.15, 0.2) is 30.3 Å². The third-order valence-electron chi connectivity index (χ3n) is 4.07. The molecule has 0 aliphatic carbocycles. The lowest BCUT2D eigenvalue weighted by Gasteiger charge is -2.37. The highest BCUT2D eigenvalue weighted by molar-refractivity contribution is 6.07. The van der Waals surface area contributed by atoms with Gasteiger partial charge in [-0.25, -0.2) is 14.4 Å². The molecule has 1 heterocycles. The molecule has 0 saturated carbocycles. The van der Waals surface area contributed by atoms with Crippen molar-refractivity contribution in [3.05, 3.63) is 35.9 Å². The Kier molecular flexibility index (Phi) is 7.34. The Labute approximate surface area is 157 Å². The Bertz CT molecular complexity index is 689. The highest BCUT2D eigenvalue weighted by atomic mass is 16.6. The Morgan fingerprint density at radius 3 is 2.26 bits per heavy atom. The number of nitrogens with zero attached hydrogens (tertiary/aromatic N) is 1. The lowest BCUT2D eigenvalue weighted by Crippen LogP contribution is -2.60. The van der Waals surface area contributed by atoms with Crippen molar-refractivity contribution in [1.82, 2.24) is 4.90 Å². The van der Waals surface area contributed by atoms with Crippen LogP contribution >= 0.6 is 0 Å². The molecule has 8 nitrogen and oxygen atoms in total. The molecule has 2 unspecified atom stereocenters. The van der Waals surface area contributed by atoms with Crippen molar-refractivity contribution in [1.29, 1.82) is 0 Å². The number of carbonyl (C=O) groups excluding carboxylic acids is 4. The molecule has 1 amide bonds. The number of hydrogen-bond acceptors (Lipinski definition) is 7. The van der Waals surface area contributed by atoms with Crippen LogP contribution in [0.5, 0.6) is 0 Å².